The van der Waals surface area contributed by atoms with Gasteiger partial charge in [-0.15, -0.1) is 10.2 Å². The van der Waals surface area contributed by atoms with Crippen molar-refractivity contribution >= 4 is 23.3 Å². The SMILES string of the molecule is Cc1ccn(-c2ccc(N3CCN(C(=O)c4cccc(Cl)c4)CC3)nn2)n1. The quantitative estimate of drug-likeness (QED) is 0.696. The van der Waals surface area contributed by atoms with E-state index in [4.69, 9.17) is 11.6 Å². The van der Waals surface area contributed by atoms with Crippen molar-refractivity contribution in [2.75, 3.05) is 31.1 Å². The van der Waals surface area contributed by atoms with Gasteiger partial charge >= 0.3 is 0 Å². The lowest BCUT2D eigenvalue weighted by atomic mass is 10.2. The van der Waals surface area contributed by atoms with Gasteiger partial charge in [-0.05, 0) is 43.3 Å². The molecule has 1 aliphatic rings. The van der Waals surface area contributed by atoms with Crippen LogP contribution in [-0.4, -0.2) is 57.0 Å². The lowest BCUT2D eigenvalue weighted by Gasteiger charge is -2.35. The van der Waals surface area contributed by atoms with Crippen LogP contribution >= 0.6 is 11.6 Å². The van der Waals surface area contributed by atoms with E-state index in [0.717, 1.165) is 11.5 Å². The van der Waals surface area contributed by atoms with E-state index in [1.165, 1.54) is 0 Å². The van der Waals surface area contributed by atoms with Crippen LogP contribution in [0.3, 0.4) is 0 Å². The third-order valence-electron chi connectivity index (χ3n) is 4.56. The van der Waals surface area contributed by atoms with E-state index in [-0.39, 0.29) is 5.91 Å². The monoisotopic (exact) mass is 382 g/mol. The normalized spacial score (nSPS) is 14.4. The molecule has 0 aliphatic carbocycles. The number of rotatable bonds is 3. The fourth-order valence-electron chi connectivity index (χ4n) is 3.09. The van der Waals surface area contributed by atoms with Crippen LogP contribution in [0.4, 0.5) is 5.82 Å². The number of hydrogen-bond donors (Lipinski definition) is 0. The number of anilines is 1. The molecule has 7 nitrogen and oxygen atoms in total. The van der Waals surface area contributed by atoms with Crippen LogP contribution in [0, 0.1) is 6.92 Å². The molecule has 0 bridgehead atoms. The Morgan fingerprint density at radius 1 is 1.00 bits per heavy atom. The van der Waals surface area contributed by atoms with Gasteiger partial charge in [0.05, 0.1) is 5.69 Å². The smallest absolute Gasteiger partial charge is 0.254 e. The summed E-state index contributed by atoms with van der Waals surface area (Å²) >= 11 is 5.99. The van der Waals surface area contributed by atoms with Crippen molar-refractivity contribution in [1.82, 2.24) is 24.9 Å². The van der Waals surface area contributed by atoms with Gasteiger partial charge in [-0.25, -0.2) is 4.68 Å². The molecule has 0 saturated carbocycles. The first-order valence-electron chi connectivity index (χ1n) is 8.76. The summed E-state index contributed by atoms with van der Waals surface area (Å²) in [4.78, 5) is 16.6. The summed E-state index contributed by atoms with van der Waals surface area (Å²) in [5.41, 5.74) is 1.55. The van der Waals surface area contributed by atoms with E-state index >= 15 is 0 Å². The first-order chi connectivity index (χ1) is 13.1. The first-order valence-corrected chi connectivity index (χ1v) is 9.14. The molecule has 138 valence electrons. The Kier molecular flexibility index (Phi) is 4.77. The van der Waals surface area contributed by atoms with Crippen molar-refractivity contribution in [3.8, 4) is 5.82 Å². The zero-order valence-corrected chi connectivity index (χ0v) is 15.7. The van der Waals surface area contributed by atoms with E-state index in [1.807, 2.05) is 36.2 Å². The van der Waals surface area contributed by atoms with Crippen LogP contribution in [0.2, 0.25) is 5.02 Å². The van der Waals surface area contributed by atoms with Crippen LogP contribution < -0.4 is 4.90 Å². The molecular formula is C19H19ClN6O. The molecule has 8 heteroatoms. The zero-order chi connectivity index (χ0) is 18.8. The van der Waals surface area contributed by atoms with Crippen molar-refractivity contribution in [2.24, 2.45) is 0 Å². The lowest BCUT2D eigenvalue weighted by Crippen LogP contribution is -2.49. The molecule has 1 fully saturated rings. The highest BCUT2D eigenvalue weighted by molar-refractivity contribution is 6.30. The summed E-state index contributed by atoms with van der Waals surface area (Å²) in [7, 11) is 0. The molecule has 2 aromatic heterocycles. The van der Waals surface area contributed by atoms with Crippen LogP contribution in [0.15, 0.2) is 48.7 Å². The third kappa shape index (κ3) is 3.78. The topological polar surface area (TPSA) is 67.2 Å². The van der Waals surface area contributed by atoms with Crippen molar-refractivity contribution in [2.45, 2.75) is 6.92 Å². The minimum absolute atomic E-state index is 0.00707. The Bertz CT molecular complexity index is 947. The fourth-order valence-corrected chi connectivity index (χ4v) is 3.28. The molecule has 27 heavy (non-hydrogen) atoms. The molecule has 4 rings (SSSR count). The minimum Gasteiger partial charge on any atom is -0.352 e. The maximum atomic E-state index is 12.6. The lowest BCUT2D eigenvalue weighted by molar-refractivity contribution is 0.0746. The van der Waals surface area contributed by atoms with Gasteiger partial charge in [-0.1, -0.05) is 17.7 Å². The van der Waals surface area contributed by atoms with Gasteiger partial charge in [0.1, 0.15) is 0 Å². The summed E-state index contributed by atoms with van der Waals surface area (Å²) in [6, 6.07) is 12.8. The van der Waals surface area contributed by atoms with E-state index in [1.54, 1.807) is 28.9 Å². The second-order valence-electron chi connectivity index (χ2n) is 6.44. The molecule has 0 atom stereocenters. The molecule has 1 saturated heterocycles. The number of aryl methyl sites for hydroxylation is 1. The largest absolute Gasteiger partial charge is 0.352 e. The van der Waals surface area contributed by atoms with Gasteiger partial charge in [0, 0.05) is 43.0 Å². The molecule has 0 unspecified atom stereocenters. The minimum atomic E-state index is 0.00707. The molecule has 1 aromatic carbocycles. The second-order valence-corrected chi connectivity index (χ2v) is 6.88. The van der Waals surface area contributed by atoms with E-state index in [0.29, 0.717) is 42.6 Å². The molecule has 0 spiro atoms. The summed E-state index contributed by atoms with van der Waals surface area (Å²) < 4.78 is 1.70. The highest BCUT2D eigenvalue weighted by Crippen LogP contribution is 2.17. The first kappa shape index (κ1) is 17.5. The predicted octanol–water partition coefficient (Wildman–Crippen LogP) is 2.59. The number of benzene rings is 1. The van der Waals surface area contributed by atoms with Crippen LogP contribution in [0.1, 0.15) is 16.1 Å². The number of nitrogens with zero attached hydrogens (tertiary/aromatic N) is 6. The van der Waals surface area contributed by atoms with Gasteiger partial charge in [0.25, 0.3) is 5.91 Å². The second kappa shape index (κ2) is 7.36. The van der Waals surface area contributed by atoms with Gasteiger partial charge in [0.2, 0.25) is 0 Å². The van der Waals surface area contributed by atoms with Gasteiger partial charge in [-0.2, -0.15) is 5.10 Å². The average Bonchev–Trinajstić information content (AvgIpc) is 3.14. The van der Waals surface area contributed by atoms with Crippen molar-refractivity contribution in [1.29, 1.82) is 0 Å². The maximum Gasteiger partial charge on any atom is 0.254 e. The Hall–Kier alpha value is -2.93. The average molecular weight is 383 g/mol. The zero-order valence-electron chi connectivity index (χ0n) is 14.9. The summed E-state index contributed by atoms with van der Waals surface area (Å²) in [6.07, 6.45) is 1.86. The van der Waals surface area contributed by atoms with Gasteiger partial charge in [-0.3, -0.25) is 4.79 Å². The van der Waals surface area contributed by atoms with Crippen molar-refractivity contribution < 1.29 is 4.79 Å². The number of aromatic nitrogens is 4. The third-order valence-corrected chi connectivity index (χ3v) is 4.79. The van der Waals surface area contributed by atoms with Gasteiger partial charge in [0.15, 0.2) is 11.6 Å². The highest BCUT2D eigenvalue weighted by Gasteiger charge is 2.23. The summed E-state index contributed by atoms with van der Waals surface area (Å²) in [5.74, 6) is 1.49. The van der Waals surface area contributed by atoms with Crippen molar-refractivity contribution in [3.63, 3.8) is 0 Å². The summed E-state index contributed by atoms with van der Waals surface area (Å²) in [6.45, 7) is 4.62. The van der Waals surface area contributed by atoms with Crippen LogP contribution in [0.25, 0.3) is 5.82 Å². The van der Waals surface area contributed by atoms with Crippen molar-refractivity contribution in [3.05, 3.63) is 64.9 Å². The highest BCUT2D eigenvalue weighted by atomic mass is 35.5. The number of hydrogen-bond acceptors (Lipinski definition) is 5. The van der Waals surface area contributed by atoms with E-state index in [2.05, 4.69) is 20.2 Å². The number of halogens is 1. The number of piperazine rings is 1. The van der Waals surface area contributed by atoms with Crippen LogP contribution in [0.5, 0.6) is 0 Å². The molecule has 0 N–H and O–H groups in total. The molecule has 1 amide bonds. The molecule has 3 heterocycles. The Morgan fingerprint density at radius 3 is 2.37 bits per heavy atom. The molecule has 1 aliphatic heterocycles. The predicted molar refractivity (Wildman–Crippen MR) is 103 cm³/mol. The van der Waals surface area contributed by atoms with E-state index in [9.17, 15) is 4.79 Å². The number of amides is 1. The standard InChI is InChI=1S/C19H19ClN6O/c1-14-7-8-26(23-14)18-6-5-17(21-22-18)24-9-11-25(12-10-24)19(27)15-3-2-4-16(20)13-15/h2-8,13H,9-12H2,1H3. The maximum absolute atomic E-state index is 12.6. The fraction of sp³-hybridized carbons (Fsp3) is 0.263. The Labute approximate surface area is 162 Å². The Balaban J connectivity index is 1.39. The number of carbonyl (C=O) groups excluding carboxylic acids is 1. The molecule has 3 aromatic rings. The van der Waals surface area contributed by atoms with E-state index < -0.39 is 0 Å². The molecular weight excluding hydrogens is 364 g/mol. The summed E-state index contributed by atoms with van der Waals surface area (Å²) in [5, 5.41) is 13.5. The Morgan fingerprint density at radius 2 is 1.74 bits per heavy atom. The molecule has 0 radical (unpaired) electrons. The van der Waals surface area contributed by atoms with Crippen LogP contribution in [-0.2, 0) is 0 Å². The number of carbonyl (C=O) groups is 1. The van der Waals surface area contributed by atoms with Gasteiger partial charge < -0.3 is 9.80 Å².